The Morgan fingerprint density at radius 2 is 2.17 bits per heavy atom. The summed E-state index contributed by atoms with van der Waals surface area (Å²) < 4.78 is 11.7. The molecular formula is C17H24BrNO4. The maximum Gasteiger partial charge on any atom is 0.320 e. The molecule has 0 aromatic heterocycles. The van der Waals surface area contributed by atoms with E-state index in [2.05, 4.69) is 27.8 Å². The van der Waals surface area contributed by atoms with Gasteiger partial charge < -0.3 is 19.9 Å². The van der Waals surface area contributed by atoms with Crippen molar-refractivity contribution < 1.29 is 19.4 Å². The van der Waals surface area contributed by atoms with E-state index in [0.29, 0.717) is 37.0 Å². The molecule has 128 valence electrons. The molecule has 0 saturated carbocycles. The van der Waals surface area contributed by atoms with Crippen molar-refractivity contribution in [3.05, 3.63) is 34.8 Å². The van der Waals surface area contributed by atoms with Gasteiger partial charge in [-0.15, -0.1) is 0 Å². The maximum atomic E-state index is 11.3. The van der Waals surface area contributed by atoms with Gasteiger partial charge >= 0.3 is 5.97 Å². The summed E-state index contributed by atoms with van der Waals surface area (Å²) in [6.07, 6.45) is 2.24. The Labute approximate surface area is 145 Å². The van der Waals surface area contributed by atoms with E-state index in [1.165, 1.54) is 0 Å². The van der Waals surface area contributed by atoms with Crippen molar-refractivity contribution in [2.45, 2.75) is 32.9 Å². The quantitative estimate of drug-likeness (QED) is 0.602. The zero-order chi connectivity index (χ0) is 17.4. The predicted octanol–water partition coefficient (Wildman–Crippen LogP) is 3.61. The number of carboxylic acid groups (broad SMARTS) is 1. The lowest BCUT2D eigenvalue weighted by Gasteiger charge is -2.18. The Hall–Kier alpha value is -1.53. The zero-order valence-electron chi connectivity index (χ0n) is 13.8. The van der Waals surface area contributed by atoms with E-state index in [4.69, 9.17) is 9.47 Å². The van der Waals surface area contributed by atoms with Gasteiger partial charge in [0, 0.05) is 6.54 Å². The Kier molecular flexibility index (Phi) is 8.12. The van der Waals surface area contributed by atoms with Crippen LogP contribution in [0.5, 0.6) is 11.5 Å². The van der Waals surface area contributed by atoms with Crippen LogP contribution < -0.4 is 14.8 Å². The second-order valence-electron chi connectivity index (χ2n) is 5.61. The van der Waals surface area contributed by atoms with Crippen LogP contribution in [0.2, 0.25) is 0 Å². The van der Waals surface area contributed by atoms with E-state index in [1.807, 2.05) is 26.0 Å². The molecule has 1 atom stereocenters. The minimum absolute atomic E-state index is 0.305. The Bertz CT molecular complexity index is 546. The van der Waals surface area contributed by atoms with Gasteiger partial charge in [0.25, 0.3) is 0 Å². The third-order valence-corrected chi connectivity index (χ3v) is 3.78. The fourth-order valence-corrected chi connectivity index (χ4v) is 2.75. The highest BCUT2D eigenvalue weighted by Crippen LogP contribution is 2.36. The van der Waals surface area contributed by atoms with E-state index >= 15 is 0 Å². The summed E-state index contributed by atoms with van der Waals surface area (Å²) in [5, 5.41) is 12.3. The van der Waals surface area contributed by atoms with Crippen LogP contribution in [0.3, 0.4) is 0 Å². The van der Waals surface area contributed by atoms with Crippen molar-refractivity contribution in [3.63, 3.8) is 0 Å². The van der Waals surface area contributed by atoms with Crippen molar-refractivity contribution in [2.24, 2.45) is 5.92 Å². The molecule has 0 saturated heterocycles. The van der Waals surface area contributed by atoms with Crippen LogP contribution in [0, 0.1) is 5.92 Å². The molecule has 0 fully saturated rings. The minimum Gasteiger partial charge on any atom is -0.493 e. The second kappa shape index (κ2) is 9.57. The fourth-order valence-electron chi connectivity index (χ4n) is 2.14. The predicted molar refractivity (Wildman–Crippen MR) is 94.1 cm³/mol. The van der Waals surface area contributed by atoms with E-state index in [9.17, 15) is 9.90 Å². The van der Waals surface area contributed by atoms with Crippen LogP contribution in [-0.2, 0) is 11.3 Å². The number of carboxylic acids is 1. The summed E-state index contributed by atoms with van der Waals surface area (Å²) in [7, 11) is 1.57. The normalized spacial score (nSPS) is 12.0. The van der Waals surface area contributed by atoms with Gasteiger partial charge in [0.1, 0.15) is 12.6 Å². The molecule has 0 radical (unpaired) electrons. The van der Waals surface area contributed by atoms with Gasteiger partial charge in [-0.1, -0.05) is 26.5 Å². The highest BCUT2D eigenvalue weighted by Gasteiger charge is 2.19. The van der Waals surface area contributed by atoms with E-state index < -0.39 is 12.0 Å². The molecule has 2 N–H and O–H groups in total. The van der Waals surface area contributed by atoms with E-state index in [-0.39, 0.29) is 0 Å². The average Bonchev–Trinajstić information content (AvgIpc) is 2.49. The monoisotopic (exact) mass is 385 g/mol. The summed E-state index contributed by atoms with van der Waals surface area (Å²) >= 11 is 3.46. The molecule has 23 heavy (non-hydrogen) atoms. The number of ether oxygens (including phenoxy) is 2. The van der Waals surface area contributed by atoms with Crippen LogP contribution >= 0.6 is 15.9 Å². The highest BCUT2D eigenvalue weighted by atomic mass is 79.9. The fraction of sp³-hybridized carbons (Fsp3) is 0.471. The number of benzene rings is 1. The SMILES string of the molecule is C=CCOc1c(Br)cc(CN[C@@H](CC(C)C)C(=O)O)cc1OC. The zero-order valence-corrected chi connectivity index (χ0v) is 15.4. The van der Waals surface area contributed by atoms with Gasteiger partial charge in [0.05, 0.1) is 11.6 Å². The molecular weight excluding hydrogens is 362 g/mol. The molecule has 0 aliphatic carbocycles. The van der Waals surface area contributed by atoms with Crippen molar-refractivity contribution >= 4 is 21.9 Å². The molecule has 0 amide bonds. The van der Waals surface area contributed by atoms with Crippen LogP contribution in [0.1, 0.15) is 25.8 Å². The second-order valence-corrected chi connectivity index (χ2v) is 6.46. The number of nitrogens with one attached hydrogen (secondary N) is 1. The summed E-state index contributed by atoms with van der Waals surface area (Å²) in [6, 6.07) is 3.16. The van der Waals surface area contributed by atoms with Gasteiger partial charge in [-0.25, -0.2) is 0 Å². The van der Waals surface area contributed by atoms with Gasteiger partial charge in [0.2, 0.25) is 0 Å². The average molecular weight is 386 g/mol. The smallest absolute Gasteiger partial charge is 0.320 e. The first kappa shape index (κ1) is 19.5. The lowest BCUT2D eigenvalue weighted by atomic mass is 10.0. The molecule has 1 aromatic rings. The number of halogens is 1. The van der Waals surface area contributed by atoms with Crippen LogP contribution in [0.4, 0.5) is 0 Å². The third kappa shape index (κ3) is 6.23. The Balaban J connectivity index is 2.86. The Morgan fingerprint density at radius 1 is 1.48 bits per heavy atom. The first-order chi connectivity index (χ1) is 10.9. The molecule has 0 aliphatic heterocycles. The molecule has 5 nitrogen and oxygen atoms in total. The van der Waals surface area contributed by atoms with Crippen LogP contribution in [0.15, 0.2) is 29.3 Å². The molecule has 0 unspecified atom stereocenters. The first-order valence-electron chi connectivity index (χ1n) is 7.45. The minimum atomic E-state index is -0.837. The number of aliphatic carboxylic acids is 1. The van der Waals surface area contributed by atoms with Crippen molar-refractivity contribution in [1.82, 2.24) is 5.32 Å². The first-order valence-corrected chi connectivity index (χ1v) is 8.24. The van der Waals surface area contributed by atoms with Crippen molar-refractivity contribution in [2.75, 3.05) is 13.7 Å². The molecule has 6 heteroatoms. The van der Waals surface area contributed by atoms with E-state index in [0.717, 1.165) is 10.0 Å². The topological polar surface area (TPSA) is 67.8 Å². The van der Waals surface area contributed by atoms with Gasteiger partial charge in [-0.2, -0.15) is 0 Å². The van der Waals surface area contributed by atoms with Crippen molar-refractivity contribution in [1.29, 1.82) is 0 Å². The summed E-state index contributed by atoms with van der Waals surface area (Å²) in [5.41, 5.74) is 0.912. The van der Waals surface area contributed by atoms with Crippen LogP contribution in [-0.4, -0.2) is 30.8 Å². The summed E-state index contributed by atoms with van der Waals surface area (Å²) in [5.74, 6) is 0.664. The van der Waals surface area contributed by atoms with Gasteiger partial charge in [-0.05, 0) is 46.0 Å². The molecule has 1 rings (SSSR count). The molecule has 0 spiro atoms. The largest absolute Gasteiger partial charge is 0.493 e. The Morgan fingerprint density at radius 3 is 2.70 bits per heavy atom. The molecule has 0 bridgehead atoms. The maximum absolute atomic E-state index is 11.3. The van der Waals surface area contributed by atoms with E-state index in [1.54, 1.807) is 13.2 Å². The molecule has 1 aromatic carbocycles. The molecule has 0 heterocycles. The standard InChI is InChI=1S/C17H24BrNO4/c1-5-6-23-16-13(18)8-12(9-15(16)22-4)10-19-14(17(20)21)7-11(2)3/h5,8-9,11,14,19H,1,6-7,10H2,2-4H3,(H,20,21)/t14-/m0/s1. The van der Waals surface area contributed by atoms with Crippen LogP contribution in [0.25, 0.3) is 0 Å². The van der Waals surface area contributed by atoms with Crippen molar-refractivity contribution in [3.8, 4) is 11.5 Å². The number of carbonyl (C=O) groups is 1. The number of hydrogen-bond donors (Lipinski definition) is 2. The lowest BCUT2D eigenvalue weighted by Crippen LogP contribution is -2.37. The molecule has 0 aliphatic rings. The number of methoxy groups -OCH3 is 1. The van der Waals surface area contributed by atoms with Gasteiger partial charge in [-0.3, -0.25) is 4.79 Å². The highest BCUT2D eigenvalue weighted by molar-refractivity contribution is 9.10. The number of rotatable bonds is 10. The summed E-state index contributed by atoms with van der Waals surface area (Å²) in [4.78, 5) is 11.3. The number of hydrogen-bond acceptors (Lipinski definition) is 4. The third-order valence-electron chi connectivity index (χ3n) is 3.19. The summed E-state index contributed by atoms with van der Waals surface area (Å²) in [6.45, 7) is 8.43. The van der Waals surface area contributed by atoms with Gasteiger partial charge in [0.15, 0.2) is 11.5 Å². The lowest BCUT2D eigenvalue weighted by molar-refractivity contribution is -0.140.